The van der Waals surface area contributed by atoms with Gasteiger partial charge in [0.05, 0.1) is 17.0 Å². The lowest BCUT2D eigenvalue weighted by atomic mass is 9.82. The fraction of sp³-hybridized carbons (Fsp3) is 0.467. The molecule has 0 radical (unpaired) electrons. The number of rotatable bonds is 1. The molecule has 1 amide bonds. The zero-order chi connectivity index (χ0) is 15.9. The number of amides is 1. The Labute approximate surface area is 143 Å². The molecule has 4 nitrogen and oxygen atoms in total. The van der Waals surface area contributed by atoms with E-state index in [-0.39, 0.29) is 24.0 Å². The third-order valence-electron chi connectivity index (χ3n) is 4.25. The zero-order valence-electron chi connectivity index (χ0n) is 11.7. The van der Waals surface area contributed by atoms with E-state index >= 15 is 0 Å². The lowest BCUT2D eigenvalue weighted by molar-refractivity contribution is -0.132. The quantitative estimate of drug-likeness (QED) is 0.718. The fourth-order valence-electron chi connectivity index (χ4n) is 3.04. The number of ketones is 1. The molecule has 1 saturated heterocycles. The van der Waals surface area contributed by atoms with Gasteiger partial charge in [0.15, 0.2) is 5.78 Å². The number of hydrogen-bond donors (Lipinski definition) is 0. The SMILES string of the molecule is O=C1CC2(CCN(C(=O)CCl)CC2)Oc2c(Cl)cc(Cl)cc21. The molecule has 2 aliphatic heterocycles. The van der Waals surface area contributed by atoms with E-state index in [9.17, 15) is 9.59 Å². The smallest absolute Gasteiger partial charge is 0.237 e. The molecule has 7 heteroatoms. The first-order valence-electron chi connectivity index (χ1n) is 6.99. The van der Waals surface area contributed by atoms with Gasteiger partial charge < -0.3 is 9.64 Å². The van der Waals surface area contributed by atoms with Gasteiger partial charge in [-0.1, -0.05) is 23.2 Å². The summed E-state index contributed by atoms with van der Waals surface area (Å²) in [6.45, 7) is 1.05. The van der Waals surface area contributed by atoms with Crippen molar-refractivity contribution >= 4 is 46.5 Å². The van der Waals surface area contributed by atoms with Gasteiger partial charge >= 0.3 is 0 Å². The van der Waals surface area contributed by atoms with E-state index in [2.05, 4.69) is 0 Å². The second kappa shape index (κ2) is 5.91. The molecule has 1 aromatic rings. The zero-order valence-corrected chi connectivity index (χ0v) is 14.0. The van der Waals surface area contributed by atoms with Gasteiger partial charge in [-0.25, -0.2) is 0 Å². The highest BCUT2D eigenvalue weighted by atomic mass is 35.5. The molecule has 1 aromatic carbocycles. The van der Waals surface area contributed by atoms with Gasteiger partial charge in [-0.3, -0.25) is 9.59 Å². The van der Waals surface area contributed by atoms with E-state index in [0.29, 0.717) is 47.3 Å². The third-order valence-corrected chi connectivity index (χ3v) is 4.98. The largest absolute Gasteiger partial charge is 0.484 e. The molecule has 0 atom stereocenters. The normalized spacial score (nSPS) is 19.8. The summed E-state index contributed by atoms with van der Waals surface area (Å²) in [5.41, 5.74) is -0.160. The number of benzene rings is 1. The third kappa shape index (κ3) is 2.80. The number of halogens is 3. The van der Waals surface area contributed by atoms with Crippen LogP contribution in [0, 0.1) is 0 Å². The van der Waals surface area contributed by atoms with E-state index in [4.69, 9.17) is 39.5 Å². The van der Waals surface area contributed by atoms with E-state index in [1.807, 2.05) is 0 Å². The molecule has 3 rings (SSSR count). The van der Waals surface area contributed by atoms with E-state index in [1.165, 1.54) is 0 Å². The van der Waals surface area contributed by atoms with E-state index < -0.39 is 5.60 Å². The Bertz CT molecular complexity index is 639. The van der Waals surface area contributed by atoms with Crippen molar-refractivity contribution in [3.63, 3.8) is 0 Å². The number of carbonyl (C=O) groups is 2. The van der Waals surface area contributed by atoms with E-state index in [0.717, 1.165) is 0 Å². The van der Waals surface area contributed by atoms with Crippen molar-refractivity contribution in [1.29, 1.82) is 0 Å². The molecule has 118 valence electrons. The summed E-state index contributed by atoms with van der Waals surface area (Å²) < 4.78 is 6.10. The van der Waals surface area contributed by atoms with Crippen LogP contribution in [-0.4, -0.2) is 41.2 Å². The summed E-state index contributed by atoms with van der Waals surface area (Å²) in [6, 6.07) is 3.16. The maximum Gasteiger partial charge on any atom is 0.237 e. The molecule has 0 saturated carbocycles. The van der Waals surface area contributed by atoms with Crippen LogP contribution in [0.1, 0.15) is 29.6 Å². The molecular weight excluding hydrogens is 349 g/mol. The van der Waals surface area contributed by atoms with E-state index in [1.54, 1.807) is 17.0 Å². The van der Waals surface area contributed by atoms with Crippen molar-refractivity contribution in [3.8, 4) is 5.75 Å². The maximum absolute atomic E-state index is 12.4. The molecule has 0 unspecified atom stereocenters. The predicted molar refractivity (Wildman–Crippen MR) is 85.3 cm³/mol. The topological polar surface area (TPSA) is 46.6 Å². The highest BCUT2D eigenvalue weighted by Crippen LogP contribution is 2.44. The summed E-state index contributed by atoms with van der Waals surface area (Å²) in [5, 5.41) is 0.758. The summed E-state index contributed by atoms with van der Waals surface area (Å²) in [5.74, 6) is 0.256. The average Bonchev–Trinajstić information content (AvgIpc) is 2.49. The van der Waals surface area contributed by atoms with Crippen molar-refractivity contribution < 1.29 is 14.3 Å². The van der Waals surface area contributed by atoms with Crippen LogP contribution in [0.25, 0.3) is 0 Å². The van der Waals surface area contributed by atoms with Crippen LogP contribution in [0.4, 0.5) is 0 Å². The monoisotopic (exact) mass is 361 g/mol. The molecule has 1 spiro atoms. The Morgan fingerprint density at radius 3 is 2.59 bits per heavy atom. The standard InChI is InChI=1S/C15H14Cl3NO3/c16-8-13(21)19-3-1-15(2-4-19)7-12(20)10-5-9(17)6-11(18)14(10)22-15/h5-6H,1-4,7-8H2. The van der Waals surface area contributed by atoms with Gasteiger partial charge in [0.25, 0.3) is 0 Å². The number of nitrogens with zero attached hydrogens (tertiary/aromatic N) is 1. The number of carbonyl (C=O) groups excluding carboxylic acids is 2. The first kappa shape index (κ1) is 15.9. The summed E-state index contributed by atoms with van der Waals surface area (Å²) in [6.07, 6.45) is 1.44. The van der Waals surface area contributed by atoms with Gasteiger partial charge in [0.2, 0.25) is 5.91 Å². The molecule has 0 aromatic heterocycles. The van der Waals surface area contributed by atoms with Crippen LogP contribution in [0.15, 0.2) is 12.1 Å². The average molecular weight is 363 g/mol. The molecule has 0 aliphatic carbocycles. The minimum Gasteiger partial charge on any atom is -0.484 e. The van der Waals surface area contributed by atoms with Gasteiger partial charge in [0.1, 0.15) is 17.2 Å². The summed E-state index contributed by atoms with van der Waals surface area (Å²) >= 11 is 17.7. The minimum atomic E-state index is -0.593. The number of likely N-dealkylation sites (tertiary alicyclic amines) is 1. The predicted octanol–water partition coefficient (Wildman–Crippen LogP) is 3.56. The van der Waals surface area contributed by atoms with Crippen molar-refractivity contribution in [2.45, 2.75) is 24.9 Å². The number of piperidine rings is 1. The molecule has 2 heterocycles. The molecule has 2 aliphatic rings. The number of hydrogen-bond acceptors (Lipinski definition) is 3. The first-order chi connectivity index (χ1) is 10.4. The van der Waals surface area contributed by atoms with Crippen LogP contribution in [0.3, 0.4) is 0 Å². The highest BCUT2D eigenvalue weighted by Gasteiger charge is 2.44. The molecule has 1 fully saturated rings. The van der Waals surface area contributed by atoms with Gasteiger partial charge in [-0.2, -0.15) is 0 Å². The Hall–Kier alpha value is -0.970. The molecule has 0 bridgehead atoms. The maximum atomic E-state index is 12.4. The second-order valence-corrected chi connectivity index (χ2v) is 6.77. The Balaban J connectivity index is 1.84. The van der Waals surface area contributed by atoms with Crippen molar-refractivity contribution in [2.24, 2.45) is 0 Å². The van der Waals surface area contributed by atoms with Crippen LogP contribution in [0.2, 0.25) is 10.0 Å². The van der Waals surface area contributed by atoms with Gasteiger partial charge in [-0.15, -0.1) is 11.6 Å². The summed E-state index contributed by atoms with van der Waals surface area (Å²) in [4.78, 5) is 25.8. The lowest BCUT2D eigenvalue weighted by Gasteiger charge is -2.44. The van der Waals surface area contributed by atoms with Crippen LogP contribution >= 0.6 is 34.8 Å². The number of Topliss-reactive ketones (excluding diaryl/α,β-unsaturated/α-hetero) is 1. The van der Waals surface area contributed by atoms with Crippen molar-refractivity contribution in [1.82, 2.24) is 4.90 Å². The van der Waals surface area contributed by atoms with Gasteiger partial charge in [-0.05, 0) is 12.1 Å². The van der Waals surface area contributed by atoms with Crippen LogP contribution in [0.5, 0.6) is 5.75 Å². The Kier molecular flexibility index (Phi) is 4.27. The highest BCUT2D eigenvalue weighted by molar-refractivity contribution is 6.36. The lowest BCUT2D eigenvalue weighted by Crippen LogP contribution is -2.52. The number of fused-ring (bicyclic) bond motifs is 1. The number of alkyl halides is 1. The summed E-state index contributed by atoms with van der Waals surface area (Å²) in [7, 11) is 0. The van der Waals surface area contributed by atoms with Crippen molar-refractivity contribution in [2.75, 3.05) is 19.0 Å². The molecule has 0 N–H and O–H groups in total. The molecule has 22 heavy (non-hydrogen) atoms. The Morgan fingerprint density at radius 2 is 1.95 bits per heavy atom. The van der Waals surface area contributed by atoms with Crippen LogP contribution < -0.4 is 4.74 Å². The second-order valence-electron chi connectivity index (χ2n) is 5.66. The van der Waals surface area contributed by atoms with Gasteiger partial charge in [0, 0.05) is 31.0 Å². The fourth-order valence-corrected chi connectivity index (χ4v) is 3.74. The Morgan fingerprint density at radius 1 is 1.27 bits per heavy atom. The molecular formula is C15H14Cl3NO3. The van der Waals surface area contributed by atoms with Crippen molar-refractivity contribution in [3.05, 3.63) is 27.7 Å². The number of ether oxygens (including phenoxy) is 1. The first-order valence-corrected chi connectivity index (χ1v) is 8.28. The van der Waals surface area contributed by atoms with Crippen LogP contribution in [-0.2, 0) is 4.79 Å². The minimum absolute atomic E-state index is 0.0252.